The van der Waals surface area contributed by atoms with Crippen LogP contribution < -0.4 is 5.32 Å². The summed E-state index contributed by atoms with van der Waals surface area (Å²) in [4.78, 5) is 0. The van der Waals surface area contributed by atoms with Crippen molar-refractivity contribution >= 4 is 10.0 Å². The number of nitrogens with zero attached hydrogens (tertiary/aromatic N) is 2. The topological polar surface area (TPSA) is 82.4 Å². The van der Waals surface area contributed by atoms with Gasteiger partial charge in [-0.1, -0.05) is 30.3 Å². The van der Waals surface area contributed by atoms with E-state index in [2.05, 4.69) is 11.4 Å². The van der Waals surface area contributed by atoms with Gasteiger partial charge >= 0.3 is 12.4 Å². The SMILES string of the molecule is C[C@@H](OC[C@]1(c2ccccc2)CC[C@](C#N)(N2CCCS2(=O)=O)CN1)c1cc(C(F)(F)F)cc(C(F)(F)F)c1. The summed E-state index contributed by atoms with van der Waals surface area (Å²) in [6, 6.07) is 12.4. The predicted octanol–water partition coefficient (Wildman–Crippen LogP) is 5.38. The number of ether oxygens (including phenoxy) is 1. The number of piperidine rings is 1. The van der Waals surface area contributed by atoms with Gasteiger partial charge < -0.3 is 10.1 Å². The first-order valence-electron chi connectivity index (χ1n) is 12.3. The lowest BCUT2D eigenvalue weighted by molar-refractivity contribution is -0.143. The van der Waals surface area contributed by atoms with E-state index in [0.717, 1.165) is 5.56 Å². The van der Waals surface area contributed by atoms with Gasteiger partial charge in [0.05, 0.1) is 41.2 Å². The monoisotopic (exact) mass is 575 g/mol. The van der Waals surface area contributed by atoms with E-state index in [0.29, 0.717) is 18.6 Å². The second-order valence-electron chi connectivity index (χ2n) is 9.98. The first-order chi connectivity index (χ1) is 18.1. The Hall–Kier alpha value is -2.66. The van der Waals surface area contributed by atoms with E-state index in [1.807, 2.05) is 0 Å². The van der Waals surface area contributed by atoms with Crippen LogP contribution in [0.1, 0.15) is 54.5 Å². The maximum Gasteiger partial charge on any atom is 0.416 e. The van der Waals surface area contributed by atoms with Gasteiger partial charge in [-0.25, -0.2) is 8.42 Å². The summed E-state index contributed by atoms with van der Waals surface area (Å²) >= 11 is 0. The molecule has 0 bridgehead atoms. The lowest BCUT2D eigenvalue weighted by Gasteiger charge is -2.47. The molecule has 0 radical (unpaired) electrons. The Kier molecular flexibility index (Phi) is 7.81. The molecule has 2 aromatic rings. The summed E-state index contributed by atoms with van der Waals surface area (Å²) in [5.74, 6) is -0.0439. The van der Waals surface area contributed by atoms with Crippen LogP contribution in [-0.2, 0) is 32.7 Å². The smallest absolute Gasteiger partial charge is 0.372 e. The second-order valence-corrected chi connectivity index (χ2v) is 12.0. The standard InChI is InChI=1S/C26H27F6N3O3S/c1-18(19-12-21(25(27,28)29)14-22(13-19)26(30,31)32)38-17-24(20-6-3-2-4-7-20)9-8-23(15-33,16-34-24)35-10-5-11-39(35,36)37/h2-4,6-7,12-14,18,34H,5,8-11,16-17H2,1H3/t18-,23-,24+/m1/s1. The van der Waals surface area contributed by atoms with Gasteiger partial charge in [0.2, 0.25) is 10.0 Å². The molecule has 0 amide bonds. The number of rotatable bonds is 6. The van der Waals surface area contributed by atoms with Crippen LogP contribution in [0.2, 0.25) is 0 Å². The first-order valence-corrected chi connectivity index (χ1v) is 13.9. The molecule has 2 fully saturated rings. The van der Waals surface area contributed by atoms with Gasteiger partial charge in [0.25, 0.3) is 0 Å². The van der Waals surface area contributed by atoms with E-state index in [1.165, 1.54) is 11.2 Å². The molecule has 212 valence electrons. The number of benzene rings is 2. The van der Waals surface area contributed by atoms with Crippen molar-refractivity contribution in [2.75, 3.05) is 25.4 Å². The third-order valence-electron chi connectivity index (χ3n) is 7.45. The Morgan fingerprint density at radius 1 is 1.05 bits per heavy atom. The Labute approximate surface area is 222 Å². The molecule has 6 nitrogen and oxygen atoms in total. The Bertz CT molecular complexity index is 1300. The molecule has 2 aliphatic rings. The van der Waals surface area contributed by atoms with Crippen LogP contribution in [0.3, 0.4) is 0 Å². The summed E-state index contributed by atoms with van der Waals surface area (Å²) in [7, 11) is -3.60. The molecule has 2 aliphatic heterocycles. The maximum atomic E-state index is 13.4. The zero-order valence-electron chi connectivity index (χ0n) is 20.9. The van der Waals surface area contributed by atoms with Crippen LogP contribution in [0.4, 0.5) is 26.3 Å². The summed E-state index contributed by atoms with van der Waals surface area (Å²) < 4.78 is 112. The molecule has 0 aliphatic carbocycles. The van der Waals surface area contributed by atoms with Gasteiger partial charge in [0.15, 0.2) is 0 Å². The average molecular weight is 576 g/mol. The van der Waals surface area contributed by atoms with Gasteiger partial charge in [-0.2, -0.15) is 35.9 Å². The number of nitriles is 1. The van der Waals surface area contributed by atoms with Crippen LogP contribution in [0.5, 0.6) is 0 Å². The van der Waals surface area contributed by atoms with Crippen LogP contribution in [0, 0.1) is 11.3 Å². The summed E-state index contributed by atoms with van der Waals surface area (Å²) in [5, 5.41) is 13.3. The second kappa shape index (κ2) is 10.4. The molecular formula is C26H27F6N3O3S. The number of alkyl halides is 6. The maximum absolute atomic E-state index is 13.4. The van der Waals surface area contributed by atoms with Crippen molar-refractivity contribution in [3.8, 4) is 6.07 Å². The molecule has 13 heteroatoms. The molecular weight excluding hydrogens is 548 g/mol. The van der Waals surface area contributed by atoms with Crippen molar-refractivity contribution in [2.45, 2.75) is 55.7 Å². The van der Waals surface area contributed by atoms with E-state index in [1.54, 1.807) is 30.3 Å². The number of hydrogen-bond donors (Lipinski definition) is 1. The highest BCUT2D eigenvalue weighted by Crippen LogP contribution is 2.41. The Morgan fingerprint density at radius 3 is 2.13 bits per heavy atom. The quantitative estimate of drug-likeness (QED) is 0.468. The van der Waals surface area contributed by atoms with Gasteiger partial charge in [0, 0.05) is 13.1 Å². The molecule has 0 spiro atoms. The highest BCUT2D eigenvalue weighted by atomic mass is 32.2. The van der Waals surface area contributed by atoms with Gasteiger partial charge in [-0.3, -0.25) is 0 Å². The fourth-order valence-electron chi connectivity index (χ4n) is 5.18. The largest absolute Gasteiger partial charge is 0.416 e. The van der Waals surface area contributed by atoms with Crippen molar-refractivity contribution in [3.05, 3.63) is 70.8 Å². The molecule has 39 heavy (non-hydrogen) atoms. The Morgan fingerprint density at radius 2 is 1.67 bits per heavy atom. The van der Waals surface area contributed by atoms with Crippen molar-refractivity contribution in [1.29, 1.82) is 5.26 Å². The minimum atomic E-state index is -4.98. The number of halogens is 6. The minimum Gasteiger partial charge on any atom is -0.372 e. The molecule has 2 heterocycles. The number of sulfonamides is 1. The predicted molar refractivity (Wildman–Crippen MR) is 130 cm³/mol. The van der Waals surface area contributed by atoms with Crippen LogP contribution in [-0.4, -0.2) is 43.7 Å². The highest BCUT2D eigenvalue weighted by Gasteiger charge is 2.52. The van der Waals surface area contributed by atoms with E-state index >= 15 is 0 Å². The summed E-state index contributed by atoms with van der Waals surface area (Å²) in [6.07, 6.45) is -10.3. The molecule has 3 atom stereocenters. The summed E-state index contributed by atoms with van der Waals surface area (Å²) in [5.41, 5.74) is -4.70. The van der Waals surface area contributed by atoms with E-state index in [-0.39, 0.29) is 49.9 Å². The number of nitrogens with one attached hydrogen (secondary N) is 1. The molecule has 4 rings (SSSR count). The average Bonchev–Trinajstić information content (AvgIpc) is 3.26. The lowest BCUT2D eigenvalue weighted by Crippen LogP contribution is -2.64. The third-order valence-corrected chi connectivity index (χ3v) is 9.46. The van der Waals surface area contributed by atoms with Crippen LogP contribution >= 0.6 is 0 Å². The zero-order chi connectivity index (χ0) is 28.7. The first kappa shape index (κ1) is 29.3. The highest BCUT2D eigenvalue weighted by molar-refractivity contribution is 7.89. The van der Waals surface area contributed by atoms with Gasteiger partial charge in [-0.05, 0) is 55.5 Å². The molecule has 2 aromatic carbocycles. The van der Waals surface area contributed by atoms with Gasteiger partial charge in [0.1, 0.15) is 5.54 Å². The van der Waals surface area contributed by atoms with Crippen LogP contribution in [0.15, 0.2) is 48.5 Å². The van der Waals surface area contributed by atoms with Crippen LogP contribution in [0.25, 0.3) is 0 Å². The number of hydrogen-bond acceptors (Lipinski definition) is 5. The van der Waals surface area contributed by atoms with Crippen molar-refractivity contribution < 1.29 is 39.5 Å². The zero-order valence-corrected chi connectivity index (χ0v) is 21.8. The van der Waals surface area contributed by atoms with Crippen molar-refractivity contribution in [2.24, 2.45) is 0 Å². The normalized spacial score (nSPS) is 26.7. The van der Waals surface area contributed by atoms with Crippen molar-refractivity contribution in [3.63, 3.8) is 0 Å². The molecule has 0 aromatic heterocycles. The van der Waals surface area contributed by atoms with E-state index in [4.69, 9.17) is 4.74 Å². The Balaban J connectivity index is 1.61. The molecule has 0 saturated carbocycles. The van der Waals surface area contributed by atoms with Gasteiger partial charge in [-0.15, -0.1) is 0 Å². The van der Waals surface area contributed by atoms with Crippen molar-refractivity contribution in [1.82, 2.24) is 9.62 Å². The van der Waals surface area contributed by atoms with E-state index < -0.39 is 50.7 Å². The fourth-order valence-corrected chi connectivity index (χ4v) is 7.03. The lowest BCUT2D eigenvalue weighted by atomic mass is 9.76. The molecule has 1 N–H and O–H groups in total. The third kappa shape index (κ3) is 5.94. The van der Waals surface area contributed by atoms with E-state index in [9.17, 15) is 40.0 Å². The molecule has 2 saturated heterocycles. The molecule has 0 unspecified atom stereocenters. The fraction of sp³-hybridized carbons (Fsp3) is 0.500. The summed E-state index contributed by atoms with van der Waals surface area (Å²) in [6.45, 7) is 1.41. The minimum absolute atomic E-state index is 0.0306.